The van der Waals surface area contributed by atoms with E-state index in [0.29, 0.717) is 11.4 Å². The molecule has 1 aromatic heterocycles. The Morgan fingerprint density at radius 1 is 1.00 bits per heavy atom. The second kappa shape index (κ2) is 5.18. The van der Waals surface area contributed by atoms with Crippen molar-refractivity contribution in [1.82, 2.24) is 9.97 Å². The third kappa shape index (κ3) is 2.47. The minimum Gasteiger partial charge on any atom is -0.369 e. The molecule has 19 heavy (non-hydrogen) atoms. The van der Waals surface area contributed by atoms with Crippen LogP contribution in [0.3, 0.4) is 0 Å². The number of aldehydes is 1. The highest BCUT2D eigenvalue weighted by Gasteiger charge is 2.13. The number of hydrogen-bond donors (Lipinski definition) is 0. The van der Waals surface area contributed by atoms with Crippen LogP contribution in [0.1, 0.15) is 23.2 Å². The number of anilines is 1. The molecule has 1 fully saturated rings. The first-order valence-corrected chi connectivity index (χ1v) is 6.49. The van der Waals surface area contributed by atoms with E-state index in [1.165, 1.54) is 12.8 Å². The van der Waals surface area contributed by atoms with Gasteiger partial charge >= 0.3 is 0 Å². The molecule has 1 aromatic carbocycles. The first kappa shape index (κ1) is 11.8. The van der Waals surface area contributed by atoms with Crippen molar-refractivity contribution in [1.29, 1.82) is 0 Å². The fourth-order valence-corrected chi connectivity index (χ4v) is 2.32. The predicted molar refractivity (Wildman–Crippen MR) is 74.3 cm³/mol. The Morgan fingerprint density at radius 3 is 2.21 bits per heavy atom. The second-order valence-electron chi connectivity index (χ2n) is 4.70. The van der Waals surface area contributed by atoms with Gasteiger partial charge < -0.3 is 4.90 Å². The molecule has 4 nitrogen and oxygen atoms in total. The summed E-state index contributed by atoms with van der Waals surface area (Å²) < 4.78 is 0. The van der Waals surface area contributed by atoms with Crippen LogP contribution in [-0.4, -0.2) is 29.3 Å². The maximum atomic E-state index is 10.6. The topological polar surface area (TPSA) is 46.1 Å². The van der Waals surface area contributed by atoms with Crippen LogP contribution in [-0.2, 0) is 0 Å². The molecule has 96 valence electrons. The lowest BCUT2D eigenvalue weighted by Crippen LogP contribution is -2.17. The lowest BCUT2D eigenvalue weighted by Gasteiger charge is -2.16. The van der Waals surface area contributed by atoms with Crippen LogP contribution in [0.25, 0.3) is 11.4 Å². The van der Waals surface area contributed by atoms with E-state index < -0.39 is 0 Å². The van der Waals surface area contributed by atoms with E-state index in [1.807, 2.05) is 24.5 Å². The van der Waals surface area contributed by atoms with Gasteiger partial charge in [-0.3, -0.25) is 4.79 Å². The summed E-state index contributed by atoms with van der Waals surface area (Å²) in [5.41, 5.74) is 2.68. The van der Waals surface area contributed by atoms with E-state index in [4.69, 9.17) is 0 Å². The molecule has 0 saturated carbocycles. The van der Waals surface area contributed by atoms with E-state index in [9.17, 15) is 4.79 Å². The number of rotatable bonds is 3. The van der Waals surface area contributed by atoms with E-state index in [-0.39, 0.29) is 0 Å². The third-order valence-corrected chi connectivity index (χ3v) is 3.41. The van der Waals surface area contributed by atoms with Gasteiger partial charge in [0, 0.05) is 24.2 Å². The summed E-state index contributed by atoms with van der Waals surface area (Å²) in [5.74, 6) is 0.695. The van der Waals surface area contributed by atoms with Crippen molar-refractivity contribution in [3.05, 3.63) is 42.2 Å². The molecule has 0 unspecified atom stereocenters. The molecule has 1 saturated heterocycles. The lowest BCUT2D eigenvalue weighted by molar-refractivity contribution is 0.112. The van der Waals surface area contributed by atoms with Gasteiger partial charge in [0.25, 0.3) is 0 Å². The van der Waals surface area contributed by atoms with E-state index in [2.05, 4.69) is 14.9 Å². The van der Waals surface area contributed by atoms with Gasteiger partial charge in [-0.2, -0.15) is 0 Å². The van der Waals surface area contributed by atoms with Crippen molar-refractivity contribution in [3.8, 4) is 11.4 Å². The second-order valence-corrected chi connectivity index (χ2v) is 4.70. The third-order valence-electron chi connectivity index (χ3n) is 3.41. The lowest BCUT2D eigenvalue weighted by atomic mass is 10.1. The van der Waals surface area contributed by atoms with Gasteiger partial charge in [0.15, 0.2) is 5.82 Å². The molecule has 1 aliphatic rings. The molecule has 4 heteroatoms. The molecule has 0 aliphatic carbocycles. The van der Waals surface area contributed by atoms with Gasteiger partial charge in [-0.25, -0.2) is 9.97 Å². The average molecular weight is 253 g/mol. The predicted octanol–water partition coefficient (Wildman–Crippen LogP) is 2.56. The zero-order valence-corrected chi connectivity index (χ0v) is 10.6. The summed E-state index contributed by atoms with van der Waals surface area (Å²) in [7, 11) is 0. The standard InChI is InChI=1S/C15H15N3O/c19-11-12-3-5-13(6-4-12)15-16-9-14(10-17-15)18-7-1-2-8-18/h3-6,9-11H,1-2,7-8H2. The van der Waals surface area contributed by atoms with Crippen LogP contribution in [0.15, 0.2) is 36.7 Å². The van der Waals surface area contributed by atoms with Crippen molar-refractivity contribution >= 4 is 12.0 Å². The van der Waals surface area contributed by atoms with E-state index in [0.717, 1.165) is 30.6 Å². The minimum atomic E-state index is 0.664. The highest BCUT2D eigenvalue weighted by atomic mass is 16.1. The van der Waals surface area contributed by atoms with Gasteiger partial charge in [-0.15, -0.1) is 0 Å². The molecule has 3 rings (SSSR count). The summed E-state index contributed by atoms with van der Waals surface area (Å²) in [6.07, 6.45) is 7.08. The zero-order chi connectivity index (χ0) is 13.1. The molecule has 0 amide bonds. The summed E-state index contributed by atoms with van der Waals surface area (Å²) in [6.45, 7) is 2.19. The summed E-state index contributed by atoms with van der Waals surface area (Å²) in [4.78, 5) is 21.7. The van der Waals surface area contributed by atoms with Crippen LogP contribution in [0.4, 0.5) is 5.69 Å². The number of benzene rings is 1. The number of hydrogen-bond acceptors (Lipinski definition) is 4. The molecular formula is C15H15N3O. The van der Waals surface area contributed by atoms with Gasteiger partial charge in [-0.05, 0) is 12.8 Å². The Morgan fingerprint density at radius 2 is 1.63 bits per heavy atom. The molecule has 0 bridgehead atoms. The Bertz CT molecular complexity index is 557. The Balaban J connectivity index is 1.82. The van der Waals surface area contributed by atoms with Crippen molar-refractivity contribution in [2.75, 3.05) is 18.0 Å². The average Bonchev–Trinajstić information content (AvgIpc) is 3.02. The maximum absolute atomic E-state index is 10.6. The van der Waals surface area contributed by atoms with Gasteiger partial charge in [-0.1, -0.05) is 24.3 Å². The molecule has 0 N–H and O–H groups in total. The molecule has 0 atom stereocenters. The van der Waals surface area contributed by atoms with Crippen LogP contribution >= 0.6 is 0 Å². The van der Waals surface area contributed by atoms with Crippen molar-refractivity contribution < 1.29 is 4.79 Å². The highest BCUT2D eigenvalue weighted by molar-refractivity contribution is 5.76. The van der Waals surface area contributed by atoms with E-state index >= 15 is 0 Å². The van der Waals surface area contributed by atoms with Gasteiger partial charge in [0.05, 0.1) is 18.1 Å². The molecule has 0 spiro atoms. The number of carbonyl (C=O) groups is 1. The number of nitrogens with zero attached hydrogens (tertiary/aromatic N) is 3. The highest BCUT2D eigenvalue weighted by Crippen LogP contribution is 2.21. The van der Waals surface area contributed by atoms with Crippen LogP contribution < -0.4 is 4.90 Å². The van der Waals surface area contributed by atoms with Crippen LogP contribution in [0.2, 0.25) is 0 Å². The molecule has 2 heterocycles. The van der Waals surface area contributed by atoms with Crippen LogP contribution in [0.5, 0.6) is 0 Å². The monoisotopic (exact) mass is 253 g/mol. The quantitative estimate of drug-likeness (QED) is 0.789. The first-order chi connectivity index (χ1) is 9.36. The molecule has 0 radical (unpaired) electrons. The zero-order valence-electron chi connectivity index (χ0n) is 10.6. The number of carbonyl (C=O) groups excluding carboxylic acids is 1. The van der Waals surface area contributed by atoms with Crippen molar-refractivity contribution in [3.63, 3.8) is 0 Å². The van der Waals surface area contributed by atoms with Crippen molar-refractivity contribution in [2.45, 2.75) is 12.8 Å². The Kier molecular flexibility index (Phi) is 3.23. The van der Waals surface area contributed by atoms with Crippen LogP contribution in [0, 0.1) is 0 Å². The minimum absolute atomic E-state index is 0.664. The molecule has 1 aliphatic heterocycles. The fourth-order valence-electron chi connectivity index (χ4n) is 2.32. The molecular weight excluding hydrogens is 238 g/mol. The number of aromatic nitrogens is 2. The molecule has 2 aromatic rings. The summed E-state index contributed by atoms with van der Waals surface area (Å²) >= 11 is 0. The summed E-state index contributed by atoms with van der Waals surface area (Å²) in [6, 6.07) is 7.29. The van der Waals surface area contributed by atoms with Gasteiger partial charge in [0.1, 0.15) is 6.29 Å². The summed E-state index contributed by atoms with van der Waals surface area (Å²) in [5, 5.41) is 0. The Labute approximate surface area is 112 Å². The Hall–Kier alpha value is -2.23. The SMILES string of the molecule is O=Cc1ccc(-c2ncc(N3CCCC3)cn2)cc1. The van der Waals surface area contributed by atoms with E-state index in [1.54, 1.807) is 12.1 Å². The van der Waals surface area contributed by atoms with Gasteiger partial charge in [0.2, 0.25) is 0 Å². The smallest absolute Gasteiger partial charge is 0.159 e. The maximum Gasteiger partial charge on any atom is 0.159 e. The largest absolute Gasteiger partial charge is 0.369 e. The normalized spacial score (nSPS) is 14.6. The first-order valence-electron chi connectivity index (χ1n) is 6.49. The van der Waals surface area contributed by atoms with Crippen molar-refractivity contribution in [2.24, 2.45) is 0 Å². The fraction of sp³-hybridized carbons (Fsp3) is 0.267.